The number of hydrogen-bond acceptors (Lipinski definition) is 5. The molecular formula is C14H17BrN4O. The topological polar surface area (TPSA) is 50.3 Å². The van der Waals surface area contributed by atoms with Crippen LogP contribution in [0.1, 0.15) is 5.56 Å². The van der Waals surface area contributed by atoms with Gasteiger partial charge in [-0.05, 0) is 18.2 Å². The Morgan fingerprint density at radius 1 is 1.30 bits per heavy atom. The number of rotatable bonds is 5. The standard InChI is InChI=1S/C14H17BrN4O/c1-16-13-7-14(18-9-17-13)19(2)8-10-6-11(15)4-5-12(10)20-3/h4-7,9H,8H2,1-3H3,(H,16,17,18). The first-order valence-electron chi connectivity index (χ1n) is 6.17. The minimum absolute atomic E-state index is 0.697. The Bertz CT molecular complexity index is 591. The van der Waals surface area contributed by atoms with Crippen molar-refractivity contribution in [3.05, 3.63) is 40.6 Å². The molecule has 2 aromatic rings. The molecule has 0 unspecified atom stereocenters. The molecule has 106 valence electrons. The zero-order valence-corrected chi connectivity index (χ0v) is 13.3. The van der Waals surface area contributed by atoms with Gasteiger partial charge < -0.3 is 15.0 Å². The summed E-state index contributed by atoms with van der Waals surface area (Å²) in [6.45, 7) is 0.697. The van der Waals surface area contributed by atoms with E-state index in [0.717, 1.165) is 27.4 Å². The van der Waals surface area contributed by atoms with Crippen LogP contribution in [0.5, 0.6) is 5.75 Å². The molecule has 0 atom stereocenters. The molecule has 5 nitrogen and oxygen atoms in total. The molecule has 0 amide bonds. The molecular weight excluding hydrogens is 320 g/mol. The summed E-state index contributed by atoms with van der Waals surface area (Å²) in [5.41, 5.74) is 1.09. The highest BCUT2D eigenvalue weighted by molar-refractivity contribution is 9.10. The second-order valence-corrected chi connectivity index (χ2v) is 5.24. The number of ether oxygens (including phenoxy) is 1. The number of benzene rings is 1. The maximum atomic E-state index is 5.39. The van der Waals surface area contributed by atoms with E-state index in [-0.39, 0.29) is 0 Å². The molecule has 0 fully saturated rings. The molecule has 0 saturated carbocycles. The van der Waals surface area contributed by atoms with Crippen molar-refractivity contribution in [2.75, 3.05) is 31.4 Å². The monoisotopic (exact) mass is 336 g/mol. The van der Waals surface area contributed by atoms with Crippen LogP contribution in [0.15, 0.2) is 35.1 Å². The summed E-state index contributed by atoms with van der Waals surface area (Å²) in [6.07, 6.45) is 1.55. The first kappa shape index (κ1) is 14.6. The molecule has 0 radical (unpaired) electrons. The maximum Gasteiger partial charge on any atom is 0.134 e. The van der Waals surface area contributed by atoms with Crippen molar-refractivity contribution >= 4 is 27.6 Å². The van der Waals surface area contributed by atoms with E-state index in [1.807, 2.05) is 37.2 Å². The lowest BCUT2D eigenvalue weighted by Crippen LogP contribution is -2.18. The molecule has 20 heavy (non-hydrogen) atoms. The summed E-state index contributed by atoms with van der Waals surface area (Å²) in [5.74, 6) is 2.51. The maximum absolute atomic E-state index is 5.39. The lowest BCUT2D eigenvalue weighted by atomic mass is 10.2. The Morgan fingerprint density at radius 2 is 2.10 bits per heavy atom. The van der Waals surface area contributed by atoms with Gasteiger partial charge in [-0.3, -0.25) is 0 Å². The Kier molecular flexibility index (Phi) is 4.79. The zero-order valence-electron chi connectivity index (χ0n) is 11.7. The van der Waals surface area contributed by atoms with Crippen LogP contribution in [0.4, 0.5) is 11.6 Å². The van der Waals surface area contributed by atoms with E-state index >= 15 is 0 Å². The number of halogens is 1. The summed E-state index contributed by atoms with van der Waals surface area (Å²) in [4.78, 5) is 10.4. The number of methoxy groups -OCH3 is 1. The van der Waals surface area contributed by atoms with Gasteiger partial charge in [0.1, 0.15) is 23.7 Å². The van der Waals surface area contributed by atoms with Crippen molar-refractivity contribution in [2.24, 2.45) is 0 Å². The van der Waals surface area contributed by atoms with Crippen molar-refractivity contribution in [3.63, 3.8) is 0 Å². The minimum Gasteiger partial charge on any atom is -0.496 e. The lowest BCUT2D eigenvalue weighted by molar-refractivity contribution is 0.409. The van der Waals surface area contributed by atoms with E-state index in [9.17, 15) is 0 Å². The highest BCUT2D eigenvalue weighted by Gasteiger charge is 2.09. The highest BCUT2D eigenvalue weighted by atomic mass is 79.9. The Balaban J connectivity index is 2.22. The van der Waals surface area contributed by atoms with Crippen LogP contribution in [-0.4, -0.2) is 31.2 Å². The second kappa shape index (κ2) is 6.56. The molecule has 0 saturated heterocycles. The number of hydrogen-bond donors (Lipinski definition) is 1. The van der Waals surface area contributed by atoms with Gasteiger partial charge >= 0.3 is 0 Å². The van der Waals surface area contributed by atoms with Crippen molar-refractivity contribution in [3.8, 4) is 5.75 Å². The van der Waals surface area contributed by atoms with E-state index in [1.54, 1.807) is 13.4 Å². The van der Waals surface area contributed by atoms with E-state index in [0.29, 0.717) is 6.54 Å². The summed E-state index contributed by atoms with van der Waals surface area (Å²) in [7, 11) is 5.50. The zero-order chi connectivity index (χ0) is 14.5. The predicted octanol–water partition coefficient (Wildman–Crippen LogP) is 2.93. The largest absolute Gasteiger partial charge is 0.496 e. The normalized spacial score (nSPS) is 10.2. The molecule has 0 spiro atoms. The third kappa shape index (κ3) is 3.39. The Morgan fingerprint density at radius 3 is 2.80 bits per heavy atom. The van der Waals surface area contributed by atoms with Crippen LogP contribution in [0.3, 0.4) is 0 Å². The van der Waals surface area contributed by atoms with Crippen LogP contribution in [0, 0.1) is 0 Å². The number of aromatic nitrogens is 2. The molecule has 0 bridgehead atoms. The molecule has 1 heterocycles. The van der Waals surface area contributed by atoms with Gasteiger partial charge in [0, 0.05) is 36.7 Å². The third-order valence-corrected chi connectivity index (χ3v) is 3.44. The highest BCUT2D eigenvalue weighted by Crippen LogP contribution is 2.25. The van der Waals surface area contributed by atoms with Crippen LogP contribution in [-0.2, 0) is 6.54 Å². The quantitative estimate of drug-likeness (QED) is 0.909. The van der Waals surface area contributed by atoms with Crippen LogP contribution >= 0.6 is 15.9 Å². The van der Waals surface area contributed by atoms with Gasteiger partial charge in [0.05, 0.1) is 7.11 Å². The molecule has 0 aliphatic heterocycles. The van der Waals surface area contributed by atoms with Crippen LogP contribution < -0.4 is 15.0 Å². The van der Waals surface area contributed by atoms with Crippen molar-refractivity contribution in [1.82, 2.24) is 9.97 Å². The van der Waals surface area contributed by atoms with Crippen molar-refractivity contribution in [2.45, 2.75) is 6.54 Å². The van der Waals surface area contributed by atoms with Gasteiger partial charge in [-0.2, -0.15) is 0 Å². The summed E-state index contributed by atoms with van der Waals surface area (Å²) in [5, 5.41) is 3.01. The fraction of sp³-hybridized carbons (Fsp3) is 0.286. The van der Waals surface area contributed by atoms with E-state index in [4.69, 9.17) is 4.74 Å². The number of nitrogens with one attached hydrogen (secondary N) is 1. The fourth-order valence-electron chi connectivity index (χ4n) is 1.90. The van der Waals surface area contributed by atoms with E-state index in [1.165, 1.54) is 0 Å². The molecule has 1 aromatic heterocycles. The lowest BCUT2D eigenvalue weighted by Gasteiger charge is -2.20. The summed E-state index contributed by atoms with van der Waals surface area (Å²) >= 11 is 3.48. The SMILES string of the molecule is CNc1cc(N(C)Cc2cc(Br)ccc2OC)ncn1. The number of anilines is 2. The van der Waals surface area contributed by atoms with E-state index < -0.39 is 0 Å². The van der Waals surface area contributed by atoms with Crippen LogP contribution in [0.2, 0.25) is 0 Å². The van der Waals surface area contributed by atoms with Gasteiger partial charge in [-0.25, -0.2) is 9.97 Å². The van der Waals surface area contributed by atoms with E-state index in [2.05, 4.69) is 37.3 Å². The predicted molar refractivity (Wildman–Crippen MR) is 84.4 cm³/mol. The minimum atomic E-state index is 0.697. The Labute approximate surface area is 127 Å². The molecule has 1 N–H and O–H groups in total. The molecule has 0 aliphatic rings. The van der Waals surface area contributed by atoms with Gasteiger partial charge in [0.15, 0.2) is 0 Å². The van der Waals surface area contributed by atoms with Crippen molar-refractivity contribution < 1.29 is 4.74 Å². The summed E-state index contributed by atoms with van der Waals surface area (Å²) < 4.78 is 6.42. The number of nitrogens with zero attached hydrogens (tertiary/aromatic N) is 3. The second-order valence-electron chi connectivity index (χ2n) is 4.32. The molecule has 1 aromatic carbocycles. The van der Waals surface area contributed by atoms with Gasteiger partial charge in [0.25, 0.3) is 0 Å². The molecule has 2 rings (SSSR count). The fourth-order valence-corrected chi connectivity index (χ4v) is 2.31. The average Bonchev–Trinajstić information content (AvgIpc) is 2.47. The van der Waals surface area contributed by atoms with Gasteiger partial charge in [-0.15, -0.1) is 0 Å². The first-order valence-corrected chi connectivity index (χ1v) is 6.96. The average molecular weight is 337 g/mol. The van der Waals surface area contributed by atoms with Crippen molar-refractivity contribution in [1.29, 1.82) is 0 Å². The van der Waals surface area contributed by atoms with Gasteiger partial charge in [-0.1, -0.05) is 15.9 Å². The first-order chi connectivity index (χ1) is 9.63. The van der Waals surface area contributed by atoms with Gasteiger partial charge in [0.2, 0.25) is 0 Å². The molecule has 6 heteroatoms. The van der Waals surface area contributed by atoms with Crippen LogP contribution in [0.25, 0.3) is 0 Å². The Hall–Kier alpha value is -1.82. The molecule has 0 aliphatic carbocycles. The smallest absolute Gasteiger partial charge is 0.134 e. The third-order valence-electron chi connectivity index (χ3n) is 2.95. The summed E-state index contributed by atoms with van der Waals surface area (Å²) in [6, 6.07) is 7.87.